The van der Waals surface area contributed by atoms with Crippen LogP contribution in [0.1, 0.15) is 32.0 Å². The van der Waals surface area contributed by atoms with Gasteiger partial charge in [0, 0.05) is 35.7 Å². The van der Waals surface area contributed by atoms with Crippen molar-refractivity contribution in [2.75, 3.05) is 31.1 Å². The second-order valence-corrected chi connectivity index (χ2v) is 6.44. The molecule has 0 N–H and O–H groups in total. The lowest BCUT2D eigenvalue weighted by molar-refractivity contribution is -0.188. The molecule has 0 radical (unpaired) electrons. The molecule has 7 heteroatoms. The van der Waals surface area contributed by atoms with Gasteiger partial charge in [0.2, 0.25) is 0 Å². The Bertz CT molecular complexity index is 551. The topological polar surface area (TPSA) is 32.8 Å². The normalized spacial score (nSPS) is 17.4. The molecule has 122 valence electrons. The average Bonchev–Trinajstić information content (AvgIpc) is 2.49. The minimum Gasteiger partial charge on any atom is -0.369 e. The number of hydrogen-bond acceptors (Lipinski definition) is 4. The Hall–Kier alpha value is -0.850. The molecule has 1 heterocycles. The molecule has 22 heavy (non-hydrogen) atoms. The van der Waals surface area contributed by atoms with Crippen LogP contribution in [-0.2, 0) is 9.63 Å². The summed E-state index contributed by atoms with van der Waals surface area (Å²) in [4.78, 5) is 18.2. The zero-order valence-electron chi connectivity index (χ0n) is 12.6. The van der Waals surface area contributed by atoms with E-state index in [4.69, 9.17) is 16.4 Å². The molecule has 1 saturated heterocycles. The summed E-state index contributed by atoms with van der Waals surface area (Å²) in [6.07, 6.45) is -0.693. The largest absolute Gasteiger partial charge is 0.369 e. The summed E-state index contributed by atoms with van der Waals surface area (Å²) in [6, 6.07) is 3.71. The molecule has 1 fully saturated rings. The van der Waals surface area contributed by atoms with Crippen LogP contribution in [0.2, 0.25) is 5.02 Å². The Balaban J connectivity index is 2.13. The number of carbonyl (C=O) groups excluding carboxylic acids is 1. The number of alkyl halides is 1. The fraction of sp³-hybridized carbons (Fsp3) is 0.533. The molecular weight excluding hydrogens is 375 g/mol. The second kappa shape index (κ2) is 7.62. The van der Waals surface area contributed by atoms with E-state index in [2.05, 4.69) is 20.8 Å². The van der Waals surface area contributed by atoms with Gasteiger partial charge in [-0.05, 0) is 34.5 Å². The first-order chi connectivity index (χ1) is 10.4. The summed E-state index contributed by atoms with van der Waals surface area (Å²) in [5.41, 5.74) is 1.43. The van der Waals surface area contributed by atoms with Crippen LogP contribution < -0.4 is 4.90 Å². The number of benzene rings is 1. The molecule has 0 spiro atoms. The van der Waals surface area contributed by atoms with Crippen molar-refractivity contribution in [3.05, 3.63) is 27.2 Å². The van der Waals surface area contributed by atoms with E-state index in [9.17, 15) is 9.18 Å². The third-order valence-electron chi connectivity index (χ3n) is 3.60. The Labute approximate surface area is 143 Å². The number of rotatable bonds is 4. The molecule has 0 amide bonds. The molecule has 1 aromatic rings. The first kappa shape index (κ1) is 17.5. The minimum atomic E-state index is -1.08. The Morgan fingerprint density at radius 3 is 2.59 bits per heavy atom. The highest BCUT2D eigenvalue weighted by Gasteiger charge is 2.22. The van der Waals surface area contributed by atoms with E-state index in [0.29, 0.717) is 47.7 Å². The fourth-order valence-corrected chi connectivity index (χ4v) is 3.14. The highest BCUT2D eigenvalue weighted by atomic mass is 79.9. The van der Waals surface area contributed by atoms with Crippen molar-refractivity contribution < 1.29 is 14.0 Å². The first-order valence-corrected chi connectivity index (χ1v) is 8.41. The van der Waals surface area contributed by atoms with Gasteiger partial charge in [0.15, 0.2) is 0 Å². The van der Waals surface area contributed by atoms with Crippen LogP contribution >= 0.6 is 27.5 Å². The van der Waals surface area contributed by atoms with Gasteiger partial charge in [-0.25, -0.2) is 4.39 Å². The molecular formula is C15H19BrClFN2O2. The van der Waals surface area contributed by atoms with Gasteiger partial charge < -0.3 is 9.74 Å². The molecule has 1 aliphatic heterocycles. The van der Waals surface area contributed by atoms with Gasteiger partial charge >= 0.3 is 5.97 Å². The lowest BCUT2D eigenvalue weighted by Crippen LogP contribution is -2.46. The molecule has 0 aromatic heterocycles. The first-order valence-electron chi connectivity index (χ1n) is 7.23. The maximum Gasteiger partial charge on any atom is 0.322 e. The SMILES string of the molecule is CCC(F)c1cc(N2CCN(OC(C)=O)CC2)cc(Br)c1Cl. The standard InChI is InChI=1S/C15H19BrClFN2O2/c1-3-14(18)12-8-11(9-13(16)15(12)17)19-4-6-20(7-5-19)22-10(2)21/h8-9,14H,3-7H2,1-2H3. The molecule has 0 aliphatic carbocycles. The predicted octanol–water partition coefficient (Wildman–Crippen LogP) is 4.12. The maximum absolute atomic E-state index is 14.1. The monoisotopic (exact) mass is 392 g/mol. The number of nitrogens with zero attached hydrogens (tertiary/aromatic N) is 2. The van der Waals surface area contributed by atoms with Crippen molar-refractivity contribution in [1.29, 1.82) is 0 Å². The predicted molar refractivity (Wildman–Crippen MR) is 88.8 cm³/mol. The van der Waals surface area contributed by atoms with Gasteiger partial charge in [0.1, 0.15) is 6.17 Å². The van der Waals surface area contributed by atoms with Crippen LogP contribution in [0.25, 0.3) is 0 Å². The zero-order chi connectivity index (χ0) is 16.3. The van der Waals surface area contributed by atoms with E-state index >= 15 is 0 Å². The summed E-state index contributed by atoms with van der Waals surface area (Å²) in [6.45, 7) is 5.80. The van der Waals surface area contributed by atoms with E-state index < -0.39 is 6.17 Å². The molecule has 0 bridgehead atoms. The van der Waals surface area contributed by atoms with Crippen molar-refractivity contribution >= 4 is 39.2 Å². The highest BCUT2D eigenvalue weighted by Crippen LogP contribution is 2.37. The van der Waals surface area contributed by atoms with Gasteiger partial charge in [-0.2, -0.15) is 0 Å². The number of hydroxylamine groups is 2. The minimum absolute atomic E-state index is 0.312. The number of anilines is 1. The van der Waals surface area contributed by atoms with Crippen LogP contribution in [0.3, 0.4) is 0 Å². The third-order valence-corrected chi connectivity index (χ3v) is 4.87. The summed E-state index contributed by atoms with van der Waals surface area (Å²) in [5, 5.41) is 2.07. The number of piperazine rings is 1. The quantitative estimate of drug-likeness (QED) is 0.770. The molecule has 1 atom stereocenters. The lowest BCUT2D eigenvalue weighted by Gasteiger charge is -2.35. The molecule has 1 aromatic carbocycles. The van der Waals surface area contributed by atoms with Crippen LogP contribution in [0.5, 0.6) is 0 Å². The van der Waals surface area contributed by atoms with Gasteiger partial charge in [-0.1, -0.05) is 18.5 Å². The van der Waals surface area contributed by atoms with E-state index in [1.165, 1.54) is 6.92 Å². The van der Waals surface area contributed by atoms with Gasteiger partial charge in [0.25, 0.3) is 0 Å². The summed E-state index contributed by atoms with van der Waals surface area (Å²) >= 11 is 9.59. The summed E-state index contributed by atoms with van der Waals surface area (Å²) in [7, 11) is 0. The zero-order valence-corrected chi connectivity index (χ0v) is 15.0. The molecule has 1 aliphatic rings. The average molecular weight is 394 g/mol. The highest BCUT2D eigenvalue weighted by molar-refractivity contribution is 9.10. The summed E-state index contributed by atoms with van der Waals surface area (Å²) in [5.74, 6) is -0.312. The van der Waals surface area contributed by atoms with Crippen molar-refractivity contribution in [1.82, 2.24) is 5.06 Å². The number of halogens is 3. The maximum atomic E-state index is 14.1. The third kappa shape index (κ3) is 4.12. The van der Waals surface area contributed by atoms with Crippen LogP contribution in [-0.4, -0.2) is 37.2 Å². The van der Waals surface area contributed by atoms with Crippen molar-refractivity contribution in [3.63, 3.8) is 0 Å². The molecule has 1 unspecified atom stereocenters. The lowest BCUT2D eigenvalue weighted by atomic mass is 10.1. The molecule has 0 saturated carbocycles. The molecule has 4 nitrogen and oxygen atoms in total. The second-order valence-electron chi connectivity index (χ2n) is 5.21. The van der Waals surface area contributed by atoms with E-state index in [0.717, 1.165) is 5.69 Å². The van der Waals surface area contributed by atoms with Gasteiger partial charge in [0.05, 0.1) is 18.1 Å². The van der Waals surface area contributed by atoms with Crippen molar-refractivity contribution in [3.8, 4) is 0 Å². The van der Waals surface area contributed by atoms with Crippen LogP contribution in [0, 0.1) is 0 Å². The van der Waals surface area contributed by atoms with Gasteiger partial charge in [-0.15, -0.1) is 5.06 Å². The van der Waals surface area contributed by atoms with E-state index in [1.54, 1.807) is 12.0 Å². The Morgan fingerprint density at radius 1 is 1.41 bits per heavy atom. The smallest absolute Gasteiger partial charge is 0.322 e. The number of carbonyl (C=O) groups is 1. The van der Waals surface area contributed by atoms with E-state index in [-0.39, 0.29) is 5.97 Å². The Kier molecular flexibility index (Phi) is 6.06. The van der Waals surface area contributed by atoms with Crippen LogP contribution in [0.15, 0.2) is 16.6 Å². The van der Waals surface area contributed by atoms with Crippen LogP contribution in [0.4, 0.5) is 10.1 Å². The van der Waals surface area contributed by atoms with Crippen molar-refractivity contribution in [2.24, 2.45) is 0 Å². The van der Waals surface area contributed by atoms with E-state index in [1.807, 2.05) is 12.1 Å². The summed E-state index contributed by atoms with van der Waals surface area (Å²) < 4.78 is 14.8. The van der Waals surface area contributed by atoms with Crippen molar-refractivity contribution in [2.45, 2.75) is 26.4 Å². The number of hydrogen-bond donors (Lipinski definition) is 0. The fourth-order valence-electron chi connectivity index (χ4n) is 2.45. The van der Waals surface area contributed by atoms with Gasteiger partial charge in [-0.3, -0.25) is 4.79 Å². The molecule has 2 rings (SSSR count). The Morgan fingerprint density at radius 2 is 2.05 bits per heavy atom.